The van der Waals surface area contributed by atoms with E-state index in [2.05, 4.69) is 29.9 Å². The van der Waals surface area contributed by atoms with Gasteiger partial charge in [-0.15, -0.1) is 11.3 Å². The van der Waals surface area contributed by atoms with E-state index < -0.39 is 0 Å². The molecule has 3 nitrogen and oxygen atoms in total. The third kappa shape index (κ3) is 3.61. The van der Waals surface area contributed by atoms with Gasteiger partial charge in [-0.25, -0.2) is 4.79 Å². The van der Waals surface area contributed by atoms with E-state index in [0.717, 1.165) is 17.7 Å². The lowest BCUT2D eigenvalue weighted by atomic mass is 10.1. The zero-order valence-electron chi connectivity index (χ0n) is 12.1. The van der Waals surface area contributed by atoms with Gasteiger partial charge >= 0.3 is 6.03 Å². The molecular weight excluding hydrogens is 268 g/mol. The van der Waals surface area contributed by atoms with E-state index >= 15 is 0 Å². The predicted octanol–water partition coefficient (Wildman–Crippen LogP) is 4.04. The maximum absolute atomic E-state index is 11.8. The molecule has 0 aliphatic carbocycles. The van der Waals surface area contributed by atoms with Crippen LogP contribution in [0.4, 0.5) is 10.5 Å². The van der Waals surface area contributed by atoms with Crippen molar-refractivity contribution in [1.82, 2.24) is 5.32 Å². The van der Waals surface area contributed by atoms with Gasteiger partial charge in [-0.1, -0.05) is 18.2 Å². The molecule has 0 atom stereocenters. The van der Waals surface area contributed by atoms with E-state index in [1.807, 2.05) is 31.2 Å². The summed E-state index contributed by atoms with van der Waals surface area (Å²) in [5.41, 5.74) is 4.58. The Kier molecular flexibility index (Phi) is 4.79. The van der Waals surface area contributed by atoms with E-state index in [1.165, 1.54) is 16.0 Å². The second kappa shape index (κ2) is 6.57. The maximum Gasteiger partial charge on any atom is 0.319 e. The van der Waals surface area contributed by atoms with Gasteiger partial charge in [-0.05, 0) is 55.3 Å². The summed E-state index contributed by atoms with van der Waals surface area (Å²) in [7, 11) is 0. The molecule has 0 saturated carbocycles. The fourth-order valence-electron chi connectivity index (χ4n) is 2.00. The van der Waals surface area contributed by atoms with Crippen molar-refractivity contribution < 1.29 is 4.79 Å². The van der Waals surface area contributed by atoms with Crippen molar-refractivity contribution in [3.63, 3.8) is 0 Å². The van der Waals surface area contributed by atoms with Crippen molar-refractivity contribution in [1.29, 1.82) is 0 Å². The number of rotatable bonds is 4. The first kappa shape index (κ1) is 14.6. The Bertz CT molecular complexity index is 604. The van der Waals surface area contributed by atoms with Crippen LogP contribution in [0.25, 0.3) is 0 Å². The molecule has 2 N–H and O–H groups in total. The lowest BCUT2D eigenvalue weighted by Crippen LogP contribution is -2.30. The Hall–Kier alpha value is -1.81. The topological polar surface area (TPSA) is 41.1 Å². The molecule has 0 bridgehead atoms. The Morgan fingerprint density at radius 1 is 1.20 bits per heavy atom. The summed E-state index contributed by atoms with van der Waals surface area (Å²) < 4.78 is 0. The van der Waals surface area contributed by atoms with E-state index in [0.29, 0.717) is 6.54 Å². The first-order chi connectivity index (χ1) is 9.58. The summed E-state index contributed by atoms with van der Waals surface area (Å²) >= 11 is 1.77. The second-order valence-electron chi connectivity index (χ2n) is 4.89. The molecule has 1 heterocycles. The van der Waals surface area contributed by atoms with Crippen LogP contribution in [0.2, 0.25) is 0 Å². The third-order valence-corrected chi connectivity index (χ3v) is 4.52. The largest absolute Gasteiger partial charge is 0.338 e. The Balaban J connectivity index is 1.81. The van der Waals surface area contributed by atoms with Gasteiger partial charge in [0.2, 0.25) is 0 Å². The number of anilines is 1. The van der Waals surface area contributed by atoms with Crippen molar-refractivity contribution in [2.24, 2.45) is 0 Å². The Morgan fingerprint density at radius 2 is 1.95 bits per heavy atom. The average molecular weight is 288 g/mol. The summed E-state index contributed by atoms with van der Waals surface area (Å²) in [6.07, 6.45) is 0.872. The molecule has 1 aromatic heterocycles. The molecule has 1 aromatic carbocycles. The molecule has 0 radical (unpaired) electrons. The predicted molar refractivity (Wildman–Crippen MR) is 85.7 cm³/mol. The summed E-state index contributed by atoms with van der Waals surface area (Å²) in [5.74, 6) is 0. The summed E-state index contributed by atoms with van der Waals surface area (Å²) in [6.45, 7) is 6.89. The van der Waals surface area contributed by atoms with Crippen molar-refractivity contribution in [2.75, 3.05) is 11.9 Å². The van der Waals surface area contributed by atoms with Gasteiger partial charge in [0.05, 0.1) is 0 Å². The lowest BCUT2D eigenvalue weighted by Gasteiger charge is -2.09. The highest BCUT2D eigenvalue weighted by atomic mass is 32.1. The van der Waals surface area contributed by atoms with E-state index in [4.69, 9.17) is 0 Å². The molecule has 2 amide bonds. The number of thiophene rings is 1. The van der Waals surface area contributed by atoms with Crippen molar-refractivity contribution in [3.05, 3.63) is 51.2 Å². The van der Waals surface area contributed by atoms with Crippen LogP contribution in [0.5, 0.6) is 0 Å². The summed E-state index contributed by atoms with van der Waals surface area (Å²) in [5, 5.41) is 7.94. The van der Waals surface area contributed by atoms with Crippen LogP contribution in [-0.4, -0.2) is 12.6 Å². The van der Waals surface area contributed by atoms with Crippen molar-refractivity contribution >= 4 is 23.1 Å². The number of hydrogen-bond acceptors (Lipinski definition) is 2. The molecular formula is C16H20N2OS. The number of carbonyl (C=O) groups excluding carboxylic acids is 1. The van der Waals surface area contributed by atoms with Crippen LogP contribution in [0.15, 0.2) is 29.6 Å². The molecule has 106 valence electrons. The number of nitrogens with one attached hydrogen (secondary N) is 2. The standard InChI is InChI=1S/C16H20N2OS/c1-11-6-4-5-7-15(11)18-16(19)17-9-8-14-10-20-13(3)12(14)2/h4-7,10H,8-9H2,1-3H3,(H2,17,18,19). The Labute approximate surface area is 124 Å². The minimum atomic E-state index is -0.149. The van der Waals surface area contributed by atoms with Gasteiger partial charge in [-0.2, -0.15) is 0 Å². The molecule has 2 aromatic rings. The lowest BCUT2D eigenvalue weighted by molar-refractivity contribution is 0.252. The highest BCUT2D eigenvalue weighted by Crippen LogP contribution is 2.20. The number of amides is 2. The first-order valence-electron chi connectivity index (χ1n) is 6.72. The fraction of sp³-hybridized carbons (Fsp3) is 0.312. The molecule has 0 spiro atoms. The molecule has 0 unspecified atom stereocenters. The molecule has 0 fully saturated rings. The minimum Gasteiger partial charge on any atom is -0.338 e. The number of para-hydroxylation sites is 1. The molecule has 4 heteroatoms. The number of benzene rings is 1. The van der Waals surface area contributed by atoms with Crippen molar-refractivity contribution in [2.45, 2.75) is 27.2 Å². The highest BCUT2D eigenvalue weighted by molar-refractivity contribution is 7.10. The number of carbonyl (C=O) groups is 1. The molecule has 20 heavy (non-hydrogen) atoms. The number of hydrogen-bond donors (Lipinski definition) is 2. The molecule has 0 saturated heterocycles. The van der Waals surface area contributed by atoms with E-state index in [1.54, 1.807) is 11.3 Å². The average Bonchev–Trinajstić information content (AvgIpc) is 2.73. The van der Waals surface area contributed by atoms with Gasteiger partial charge in [0.15, 0.2) is 0 Å². The van der Waals surface area contributed by atoms with Gasteiger partial charge in [0.1, 0.15) is 0 Å². The molecule has 2 rings (SSSR count). The number of urea groups is 1. The van der Waals surface area contributed by atoms with Gasteiger partial charge in [0.25, 0.3) is 0 Å². The van der Waals surface area contributed by atoms with Gasteiger partial charge in [0, 0.05) is 17.1 Å². The van der Waals surface area contributed by atoms with Crippen LogP contribution in [-0.2, 0) is 6.42 Å². The third-order valence-electron chi connectivity index (χ3n) is 3.46. The van der Waals surface area contributed by atoms with Gasteiger partial charge < -0.3 is 10.6 Å². The smallest absolute Gasteiger partial charge is 0.319 e. The van der Waals surface area contributed by atoms with Crippen molar-refractivity contribution in [3.8, 4) is 0 Å². The number of aryl methyl sites for hydroxylation is 2. The summed E-state index contributed by atoms with van der Waals surface area (Å²) in [4.78, 5) is 13.2. The monoisotopic (exact) mass is 288 g/mol. The van der Waals surface area contributed by atoms with Crippen LogP contribution in [0, 0.1) is 20.8 Å². The quantitative estimate of drug-likeness (QED) is 0.876. The van der Waals surface area contributed by atoms with Crippen LogP contribution >= 0.6 is 11.3 Å². The van der Waals surface area contributed by atoms with Crippen LogP contribution in [0.3, 0.4) is 0 Å². The second-order valence-corrected chi connectivity index (χ2v) is 5.97. The highest BCUT2D eigenvalue weighted by Gasteiger charge is 2.06. The van der Waals surface area contributed by atoms with Gasteiger partial charge in [-0.3, -0.25) is 0 Å². The first-order valence-corrected chi connectivity index (χ1v) is 7.60. The summed E-state index contributed by atoms with van der Waals surface area (Å²) in [6, 6.07) is 7.61. The molecule has 0 aliphatic rings. The normalized spacial score (nSPS) is 10.3. The SMILES string of the molecule is Cc1ccccc1NC(=O)NCCc1csc(C)c1C. The minimum absolute atomic E-state index is 0.149. The molecule has 0 aliphatic heterocycles. The van der Waals surface area contributed by atoms with E-state index in [-0.39, 0.29) is 6.03 Å². The zero-order chi connectivity index (χ0) is 14.5. The van der Waals surface area contributed by atoms with Crippen LogP contribution < -0.4 is 10.6 Å². The Morgan fingerprint density at radius 3 is 2.60 bits per heavy atom. The van der Waals surface area contributed by atoms with E-state index in [9.17, 15) is 4.79 Å². The maximum atomic E-state index is 11.8. The fourth-order valence-corrected chi connectivity index (χ4v) is 2.92. The zero-order valence-corrected chi connectivity index (χ0v) is 12.9. The van der Waals surface area contributed by atoms with Crippen LogP contribution in [0.1, 0.15) is 21.6 Å².